The van der Waals surface area contributed by atoms with Gasteiger partial charge in [-0.25, -0.2) is 0 Å². The number of anilines is 1. The third-order valence-electron chi connectivity index (χ3n) is 5.90. The molecule has 2 aliphatic heterocycles. The zero-order chi connectivity index (χ0) is 21.5. The Bertz CT molecular complexity index is 922. The minimum atomic E-state index is 0.0777. The highest BCUT2D eigenvalue weighted by Gasteiger charge is 2.18. The minimum absolute atomic E-state index is 0.0777. The number of unbranched alkanes of at least 4 members (excludes halogenated alkanes) is 1. The Labute approximate surface area is 189 Å². The zero-order valence-corrected chi connectivity index (χ0v) is 19.0. The summed E-state index contributed by atoms with van der Waals surface area (Å²) in [7, 11) is 1.71. The molecule has 2 aromatic rings. The van der Waals surface area contributed by atoms with E-state index >= 15 is 0 Å². The Morgan fingerprint density at radius 1 is 1.06 bits per heavy atom. The minimum Gasteiger partial charge on any atom is -0.497 e. The Balaban J connectivity index is 1.13. The van der Waals surface area contributed by atoms with Crippen LogP contribution in [0.25, 0.3) is 6.08 Å². The second-order valence-electron chi connectivity index (χ2n) is 7.99. The quantitative estimate of drug-likeness (QED) is 0.635. The molecular formula is C25H31N3O2S. The number of thioether (sulfide) groups is 1. The van der Waals surface area contributed by atoms with Crippen molar-refractivity contribution >= 4 is 29.4 Å². The number of carbonyl (C=O) groups is 1. The number of piperazine rings is 1. The lowest BCUT2D eigenvalue weighted by Gasteiger charge is -2.36. The van der Waals surface area contributed by atoms with Gasteiger partial charge in [0.25, 0.3) is 0 Å². The van der Waals surface area contributed by atoms with E-state index in [2.05, 4.69) is 45.4 Å². The van der Waals surface area contributed by atoms with Gasteiger partial charge in [-0.15, -0.1) is 11.8 Å². The summed E-state index contributed by atoms with van der Waals surface area (Å²) >= 11 is 1.74. The molecule has 0 bridgehead atoms. The van der Waals surface area contributed by atoms with Crippen LogP contribution in [-0.4, -0.2) is 62.9 Å². The van der Waals surface area contributed by atoms with E-state index in [9.17, 15) is 4.79 Å². The average molecular weight is 438 g/mol. The molecule has 0 unspecified atom stereocenters. The number of carbonyl (C=O) groups excluding carboxylic acids is 1. The Morgan fingerprint density at radius 2 is 1.90 bits per heavy atom. The first-order chi connectivity index (χ1) is 15.2. The molecule has 31 heavy (non-hydrogen) atoms. The van der Waals surface area contributed by atoms with Gasteiger partial charge in [-0.2, -0.15) is 0 Å². The van der Waals surface area contributed by atoms with E-state index in [4.69, 9.17) is 4.74 Å². The first-order valence-corrected chi connectivity index (χ1v) is 12.0. The van der Waals surface area contributed by atoms with Crippen molar-refractivity contribution in [2.24, 2.45) is 0 Å². The zero-order valence-electron chi connectivity index (χ0n) is 18.2. The fourth-order valence-corrected chi connectivity index (χ4v) is 5.05. The van der Waals surface area contributed by atoms with E-state index in [1.165, 1.54) is 10.6 Å². The first kappa shape index (κ1) is 21.8. The lowest BCUT2D eigenvalue weighted by molar-refractivity contribution is -0.117. The van der Waals surface area contributed by atoms with Crippen LogP contribution in [0.15, 0.2) is 59.0 Å². The first-order valence-electron chi connectivity index (χ1n) is 11.0. The lowest BCUT2D eigenvalue weighted by atomic mass is 10.1. The summed E-state index contributed by atoms with van der Waals surface area (Å²) in [5, 5.41) is 3.10. The van der Waals surface area contributed by atoms with Crippen molar-refractivity contribution in [1.29, 1.82) is 0 Å². The van der Waals surface area contributed by atoms with Gasteiger partial charge in [0.15, 0.2) is 0 Å². The van der Waals surface area contributed by atoms with Gasteiger partial charge in [0.1, 0.15) is 5.75 Å². The fourth-order valence-electron chi connectivity index (χ4n) is 4.06. The van der Waals surface area contributed by atoms with E-state index in [0.29, 0.717) is 0 Å². The summed E-state index contributed by atoms with van der Waals surface area (Å²) < 4.78 is 5.34. The van der Waals surface area contributed by atoms with Crippen molar-refractivity contribution < 1.29 is 9.53 Å². The second-order valence-corrected chi connectivity index (χ2v) is 9.01. The second kappa shape index (κ2) is 10.7. The van der Waals surface area contributed by atoms with Crippen molar-refractivity contribution in [2.75, 3.05) is 57.0 Å². The number of nitrogens with zero attached hydrogens (tertiary/aromatic N) is 2. The number of rotatable bonds is 8. The number of fused-ring (bicyclic) bond motifs is 1. The van der Waals surface area contributed by atoms with Crippen LogP contribution >= 0.6 is 11.8 Å². The van der Waals surface area contributed by atoms with Crippen LogP contribution < -0.4 is 15.0 Å². The number of nitrogens with one attached hydrogen (secondary N) is 1. The summed E-state index contributed by atoms with van der Waals surface area (Å²) in [6, 6.07) is 16.6. The highest BCUT2D eigenvalue weighted by molar-refractivity contribution is 7.99. The van der Waals surface area contributed by atoms with Crippen LogP contribution in [0.5, 0.6) is 5.75 Å². The third kappa shape index (κ3) is 5.83. The summed E-state index contributed by atoms with van der Waals surface area (Å²) in [6.07, 6.45) is 4.15. The predicted octanol–water partition coefficient (Wildman–Crippen LogP) is 3.90. The molecule has 4 rings (SSSR count). The van der Waals surface area contributed by atoms with E-state index in [-0.39, 0.29) is 5.91 Å². The normalized spacial score (nSPS) is 16.4. The van der Waals surface area contributed by atoms with E-state index < -0.39 is 0 Å². The Kier molecular flexibility index (Phi) is 7.54. The maximum Gasteiger partial charge on any atom is 0.248 e. The number of hydrogen-bond acceptors (Lipinski definition) is 5. The number of amides is 1. The molecule has 0 saturated carbocycles. The van der Waals surface area contributed by atoms with Gasteiger partial charge in [-0.1, -0.05) is 24.3 Å². The van der Waals surface area contributed by atoms with Crippen molar-refractivity contribution in [2.45, 2.75) is 17.7 Å². The van der Waals surface area contributed by atoms with Crippen LogP contribution in [0.4, 0.5) is 5.69 Å². The molecular weight excluding hydrogens is 406 g/mol. The fraction of sp³-hybridized carbons (Fsp3) is 0.400. The molecule has 0 spiro atoms. The summed E-state index contributed by atoms with van der Waals surface area (Å²) in [6.45, 7) is 6.06. The molecule has 2 aromatic carbocycles. The molecule has 1 fully saturated rings. The van der Waals surface area contributed by atoms with Gasteiger partial charge in [0, 0.05) is 60.7 Å². The molecule has 6 heteroatoms. The van der Waals surface area contributed by atoms with Gasteiger partial charge in [0.2, 0.25) is 5.91 Å². The average Bonchev–Trinajstić information content (AvgIpc) is 2.84. The van der Waals surface area contributed by atoms with Crippen molar-refractivity contribution in [3.8, 4) is 5.75 Å². The molecule has 2 heterocycles. The van der Waals surface area contributed by atoms with Crippen LogP contribution in [0.3, 0.4) is 0 Å². The van der Waals surface area contributed by atoms with Gasteiger partial charge < -0.3 is 15.0 Å². The van der Waals surface area contributed by atoms with Crippen molar-refractivity contribution in [1.82, 2.24) is 10.2 Å². The van der Waals surface area contributed by atoms with E-state index in [1.807, 2.05) is 24.3 Å². The number of ether oxygens (including phenoxy) is 1. The van der Waals surface area contributed by atoms with Crippen LogP contribution in [0.2, 0.25) is 0 Å². The van der Waals surface area contributed by atoms with Crippen molar-refractivity contribution in [3.63, 3.8) is 0 Å². The molecule has 0 aromatic heterocycles. The monoisotopic (exact) mass is 437 g/mol. The summed E-state index contributed by atoms with van der Waals surface area (Å²) in [5.41, 5.74) is 3.26. The maximum atomic E-state index is 12.5. The molecule has 0 aliphatic carbocycles. The molecule has 1 saturated heterocycles. The number of methoxy groups -OCH3 is 1. The highest BCUT2D eigenvalue weighted by Crippen LogP contribution is 2.31. The number of hydrogen-bond donors (Lipinski definition) is 1. The van der Waals surface area contributed by atoms with E-state index in [1.54, 1.807) is 18.9 Å². The van der Waals surface area contributed by atoms with E-state index in [0.717, 1.165) is 74.7 Å². The molecule has 1 amide bonds. The van der Waals surface area contributed by atoms with Crippen LogP contribution in [0.1, 0.15) is 18.4 Å². The Morgan fingerprint density at radius 3 is 2.74 bits per heavy atom. The smallest absolute Gasteiger partial charge is 0.248 e. The predicted molar refractivity (Wildman–Crippen MR) is 129 cm³/mol. The molecule has 164 valence electrons. The standard InChI is InChI=1S/C25H31N3O2S/c1-30-23-9-6-8-22(18-23)28-15-13-27(14-16-28)12-5-4-11-26-25(29)21-17-20-7-2-3-10-24(20)31-19-21/h2-3,6-10,17-18H,4-5,11-16,19H2,1H3,(H,26,29). The van der Waals surface area contributed by atoms with Gasteiger partial charge in [0.05, 0.1) is 7.11 Å². The third-order valence-corrected chi connectivity index (χ3v) is 7.04. The SMILES string of the molecule is COc1cccc(N2CCN(CCCCNC(=O)C3=Cc4ccccc4SC3)CC2)c1. The van der Waals surface area contributed by atoms with Crippen LogP contribution in [0, 0.1) is 0 Å². The van der Waals surface area contributed by atoms with Crippen LogP contribution in [-0.2, 0) is 4.79 Å². The Hall–Kier alpha value is -2.44. The molecule has 0 atom stereocenters. The molecule has 1 N–H and O–H groups in total. The molecule has 0 radical (unpaired) electrons. The summed E-state index contributed by atoms with van der Waals surface area (Å²) in [5.74, 6) is 1.74. The summed E-state index contributed by atoms with van der Waals surface area (Å²) in [4.78, 5) is 18.7. The highest BCUT2D eigenvalue weighted by atomic mass is 32.2. The van der Waals surface area contributed by atoms with Gasteiger partial charge >= 0.3 is 0 Å². The number of benzene rings is 2. The maximum absolute atomic E-state index is 12.5. The molecule has 2 aliphatic rings. The lowest BCUT2D eigenvalue weighted by Crippen LogP contribution is -2.46. The van der Waals surface area contributed by atoms with Crippen molar-refractivity contribution in [3.05, 3.63) is 59.7 Å². The van der Waals surface area contributed by atoms with Gasteiger partial charge in [-0.05, 0) is 49.2 Å². The largest absolute Gasteiger partial charge is 0.497 e. The van der Waals surface area contributed by atoms with Gasteiger partial charge in [-0.3, -0.25) is 9.69 Å². The topological polar surface area (TPSA) is 44.8 Å². The molecule has 5 nitrogen and oxygen atoms in total.